The minimum absolute atomic E-state index is 0.465. The van der Waals surface area contributed by atoms with Crippen molar-refractivity contribution in [3.8, 4) is 5.75 Å². The lowest BCUT2D eigenvalue weighted by Crippen LogP contribution is -2.33. The number of nitrogens with zero attached hydrogens (tertiary/aromatic N) is 2. The van der Waals surface area contributed by atoms with Crippen LogP contribution in [-0.2, 0) is 13.0 Å². The van der Waals surface area contributed by atoms with Gasteiger partial charge in [-0.25, -0.2) is 4.98 Å². The van der Waals surface area contributed by atoms with E-state index >= 15 is 0 Å². The van der Waals surface area contributed by atoms with Crippen LogP contribution in [0.1, 0.15) is 24.3 Å². The van der Waals surface area contributed by atoms with Gasteiger partial charge < -0.3 is 10.5 Å². The Labute approximate surface area is 130 Å². The lowest BCUT2D eigenvalue weighted by Gasteiger charge is -2.27. The second-order valence-corrected chi connectivity index (χ2v) is 6.28. The molecule has 2 N–H and O–H groups in total. The summed E-state index contributed by atoms with van der Waals surface area (Å²) in [5, 5.41) is 0.642. The highest BCUT2D eigenvalue weighted by molar-refractivity contribution is 7.15. The van der Waals surface area contributed by atoms with Crippen molar-refractivity contribution in [3.05, 3.63) is 40.9 Å². The molecule has 1 atom stereocenters. The molecule has 5 heteroatoms. The Balaban J connectivity index is 1.96. The summed E-state index contributed by atoms with van der Waals surface area (Å²) in [7, 11) is 1.69. The van der Waals surface area contributed by atoms with Crippen molar-refractivity contribution in [2.75, 3.05) is 19.4 Å². The molecule has 1 aromatic carbocycles. The van der Waals surface area contributed by atoms with E-state index in [-0.39, 0.29) is 0 Å². The summed E-state index contributed by atoms with van der Waals surface area (Å²) in [6.45, 7) is 6.37. The number of hydrogen-bond donors (Lipinski definition) is 1. The molecule has 0 saturated heterocycles. The van der Waals surface area contributed by atoms with Crippen LogP contribution in [0.5, 0.6) is 5.75 Å². The number of nitrogens with two attached hydrogens (primary N) is 1. The topological polar surface area (TPSA) is 51.4 Å². The lowest BCUT2D eigenvalue weighted by molar-refractivity contribution is 0.211. The number of ether oxygens (including phenoxy) is 1. The molecular formula is C16H23N3OS. The van der Waals surface area contributed by atoms with Crippen molar-refractivity contribution in [2.24, 2.45) is 0 Å². The number of thiazole rings is 1. The normalized spacial score (nSPS) is 12.6. The van der Waals surface area contributed by atoms with Gasteiger partial charge in [0.05, 0.1) is 7.11 Å². The summed E-state index contributed by atoms with van der Waals surface area (Å²) >= 11 is 1.57. The highest BCUT2D eigenvalue weighted by atomic mass is 32.1. The Morgan fingerprint density at radius 2 is 2.05 bits per heavy atom. The molecule has 4 nitrogen and oxygen atoms in total. The van der Waals surface area contributed by atoms with E-state index in [0.29, 0.717) is 11.2 Å². The molecule has 1 aromatic heterocycles. The van der Waals surface area contributed by atoms with Crippen LogP contribution in [0.4, 0.5) is 5.13 Å². The number of rotatable bonds is 7. The van der Waals surface area contributed by atoms with Gasteiger partial charge in [-0.1, -0.05) is 19.1 Å². The fourth-order valence-corrected chi connectivity index (χ4v) is 3.12. The molecule has 21 heavy (non-hydrogen) atoms. The molecule has 0 aliphatic carbocycles. The maximum absolute atomic E-state index is 5.70. The van der Waals surface area contributed by atoms with Gasteiger partial charge in [-0.2, -0.15) is 0 Å². The van der Waals surface area contributed by atoms with Crippen molar-refractivity contribution in [1.82, 2.24) is 9.88 Å². The summed E-state index contributed by atoms with van der Waals surface area (Å²) in [4.78, 5) is 7.78. The average molecular weight is 305 g/mol. The van der Waals surface area contributed by atoms with E-state index in [1.165, 1.54) is 10.4 Å². The Morgan fingerprint density at radius 1 is 1.33 bits per heavy atom. The van der Waals surface area contributed by atoms with Crippen molar-refractivity contribution < 1.29 is 4.74 Å². The Bertz CT molecular complexity index is 553. The van der Waals surface area contributed by atoms with Gasteiger partial charge in [0.2, 0.25) is 0 Å². The van der Waals surface area contributed by atoms with E-state index in [1.807, 2.05) is 18.3 Å². The Hall–Kier alpha value is -1.59. The Kier molecular flexibility index (Phi) is 5.59. The van der Waals surface area contributed by atoms with E-state index < -0.39 is 0 Å². The van der Waals surface area contributed by atoms with Crippen molar-refractivity contribution in [1.29, 1.82) is 0 Å². The van der Waals surface area contributed by atoms with Crippen LogP contribution < -0.4 is 10.5 Å². The SMILES string of the molecule is CCN(Cc1cnc(N)s1)C(C)Cc1ccc(OC)cc1. The third-order valence-electron chi connectivity index (χ3n) is 3.65. The molecule has 0 amide bonds. The quantitative estimate of drug-likeness (QED) is 0.853. The first-order valence-electron chi connectivity index (χ1n) is 7.19. The number of hydrogen-bond acceptors (Lipinski definition) is 5. The molecule has 1 heterocycles. The van der Waals surface area contributed by atoms with Crippen LogP contribution in [0, 0.1) is 0 Å². The zero-order valence-corrected chi connectivity index (χ0v) is 13.7. The summed E-state index contributed by atoms with van der Waals surface area (Å²) in [6, 6.07) is 8.76. The molecule has 0 spiro atoms. The van der Waals surface area contributed by atoms with E-state index in [1.54, 1.807) is 18.4 Å². The molecule has 1 unspecified atom stereocenters. The maximum Gasteiger partial charge on any atom is 0.180 e. The predicted molar refractivity (Wildman–Crippen MR) is 88.8 cm³/mol. The molecule has 0 radical (unpaired) electrons. The van der Waals surface area contributed by atoms with Crippen molar-refractivity contribution >= 4 is 16.5 Å². The molecule has 0 fully saturated rings. The van der Waals surface area contributed by atoms with Gasteiger partial charge in [0.15, 0.2) is 5.13 Å². The molecule has 0 saturated carbocycles. The van der Waals surface area contributed by atoms with Gasteiger partial charge in [0, 0.05) is 23.7 Å². The van der Waals surface area contributed by atoms with Gasteiger partial charge in [-0.15, -0.1) is 11.3 Å². The zero-order valence-electron chi connectivity index (χ0n) is 12.9. The van der Waals surface area contributed by atoms with Gasteiger partial charge in [0.1, 0.15) is 5.75 Å². The number of nitrogen functional groups attached to an aromatic ring is 1. The minimum atomic E-state index is 0.465. The standard InChI is InChI=1S/C16H23N3OS/c1-4-19(11-15-10-18-16(17)21-15)12(2)9-13-5-7-14(20-3)8-6-13/h5-8,10,12H,4,9,11H2,1-3H3,(H2,17,18). The zero-order chi connectivity index (χ0) is 15.2. The summed E-state index contributed by atoms with van der Waals surface area (Å²) in [6.07, 6.45) is 2.90. The van der Waals surface area contributed by atoms with Crippen LogP contribution in [0.25, 0.3) is 0 Å². The van der Waals surface area contributed by atoms with E-state index in [2.05, 4.69) is 35.9 Å². The minimum Gasteiger partial charge on any atom is -0.497 e. The van der Waals surface area contributed by atoms with E-state index in [0.717, 1.165) is 25.3 Å². The summed E-state index contributed by atoms with van der Waals surface area (Å²) in [5.74, 6) is 0.902. The fourth-order valence-electron chi connectivity index (χ4n) is 2.41. The molecule has 0 aliphatic rings. The lowest BCUT2D eigenvalue weighted by atomic mass is 10.1. The van der Waals surface area contributed by atoms with Crippen molar-refractivity contribution in [3.63, 3.8) is 0 Å². The van der Waals surface area contributed by atoms with Crippen molar-refractivity contribution in [2.45, 2.75) is 32.9 Å². The molecule has 2 rings (SSSR count). The smallest absolute Gasteiger partial charge is 0.180 e. The second-order valence-electron chi connectivity index (χ2n) is 5.13. The van der Waals surface area contributed by atoms with Crippen LogP contribution in [0.2, 0.25) is 0 Å². The largest absolute Gasteiger partial charge is 0.497 e. The number of methoxy groups -OCH3 is 1. The van der Waals surface area contributed by atoms with Crippen LogP contribution in [-0.4, -0.2) is 29.6 Å². The second kappa shape index (κ2) is 7.43. The highest BCUT2D eigenvalue weighted by Gasteiger charge is 2.14. The highest BCUT2D eigenvalue weighted by Crippen LogP contribution is 2.19. The number of benzene rings is 1. The van der Waals surface area contributed by atoms with Gasteiger partial charge in [-0.05, 0) is 37.6 Å². The van der Waals surface area contributed by atoms with Gasteiger partial charge >= 0.3 is 0 Å². The number of likely N-dealkylation sites (N-methyl/N-ethyl adjacent to an activating group) is 1. The first-order chi connectivity index (χ1) is 10.1. The number of anilines is 1. The first-order valence-corrected chi connectivity index (χ1v) is 8.01. The van der Waals surface area contributed by atoms with E-state index in [4.69, 9.17) is 10.5 Å². The molecule has 114 valence electrons. The number of aromatic nitrogens is 1. The maximum atomic E-state index is 5.70. The van der Waals surface area contributed by atoms with Crippen LogP contribution >= 0.6 is 11.3 Å². The molecule has 0 aliphatic heterocycles. The fraction of sp³-hybridized carbons (Fsp3) is 0.438. The third kappa shape index (κ3) is 4.44. The van der Waals surface area contributed by atoms with Gasteiger partial charge in [0.25, 0.3) is 0 Å². The predicted octanol–water partition coefficient (Wildman–Crippen LogP) is 3.19. The molecule has 0 bridgehead atoms. The average Bonchev–Trinajstić information content (AvgIpc) is 2.90. The molecule has 2 aromatic rings. The first kappa shape index (κ1) is 15.8. The summed E-state index contributed by atoms with van der Waals surface area (Å²) < 4.78 is 5.20. The van der Waals surface area contributed by atoms with Crippen LogP contribution in [0.3, 0.4) is 0 Å². The van der Waals surface area contributed by atoms with Crippen LogP contribution in [0.15, 0.2) is 30.5 Å². The molecular weight excluding hydrogens is 282 g/mol. The van der Waals surface area contributed by atoms with E-state index in [9.17, 15) is 0 Å². The Morgan fingerprint density at radius 3 is 2.57 bits per heavy atom. The monoisotopic (exact) mass is 305 g/mol. The van der Waals surface area contributed by atoms with Gasteiger partial charge in [-0.3, -0.25) is 4.90 Å². The third-order valence-corrected chi connectivity index (χ3v) is 4.46. The summed E-state index contributed by atoms with van der Waals surface area (Å²) in [5.41, 5.74) is 7.02.